The Kier molecular flexibility index (Phi) is 5.68. The van der Waals surface area contributed by atoms with E-state index in [1.807, 2.05) is 0 Å². The van der Waals surface area contributed by atoms with Crippen LogP contribution in [0.15, 0.2) is 84.0 Å². The number of benzene rings is 3. The van der Waals surface area contributed by atoms with E-state index in [1.165, 1.54) is 30.5 Å². The van der Waals surface area contributed by atoms with Crippen molar-refractivity contribution in [2.24, 2.45) is 5.10 Å². The summed E-state index contributed by atoms with van der Waals surface area (Å²) in [4.78, 5) is 17.4. The van der Waals surface area contributed by atoms with Gasteiger partial charge in [0.15, 0.2) is 0 Å². The van der Waals surface area contributed by atoms with Gasteiger partial charge in [0.05, 0.1) is 28.6 Å². The van der Waals surface area contributed by atoms with Crippen LogP contribution in [0.4, 0.5) is 17.6 Å². The van der Waals surface area contributed by atoms with Crippen molar-refractivity contribution in [2.75, 3.05) is 0 Å². The third-order valence-electron chi connectivity index (χ3n) is 4.72. The van der Waals surface area contributed by atoms with Gasteiger partial charge in [-0.05, 0) is 54.1 Å². The fraction of sp³-hybridized carbons (Fsp3) is 0.0417. The van der Waals surface area contributed by atoms with Gasteiger partial charge in [0.1, 0.15) is 5.82 Å². The van der Waals surface area contributed by atoms with Gasteiger partial charge < -0.3 is 0 Å². The molecule has 0 spiro atoms. The number of rotatable bonds is 4. The predicted molar refractivity (Wildman–Crippen MR) is 114 cm³/mol. The molecule has 32 heavy (non-hydrogen) atoms. The van der Waals surface area contributed by atoms with Crippen molar-refractivity contribution in [3.05, 3.63) is 101 Å². The van der Waals surface area contributed by atoms with Gasteiger partial charge >= 0.3 is 6.18 Å². The van der Waals surface area contributed by atoms with E-state index in [2.05, 4.69) is 15.5 Å². The smallest absolute Gasteiger partial charge is 0.267 e. The summed E-state index contributed by atoms with van der Waals surface area (Å²) in [7, 11) is 0. The minimum atomic E-state index is -4.42. The number of fused-ring (bicyclic) bond motifs is 1. The SMILES string of the molecule is O=C(NN=Cc1ccc(C(F)(F)F)cc1)c1cc(-c2ccc(F)cc2)nc2ccccc12. The van der Waals surface area contributed by atoms with E-state index in [-0.39, 0.29) is 5.82 Å². The Morgan fingerprint density at radius 2 is 1.62 bits per heavy atom. The predicted octanol–water partition coefficient (Wildman–Crippen LogP) is 5.82. The number of hydrazone groups is 1. The lowest BCUT2D eigenvalue weighted by Crippen LogP contribution is -2.18. The topological polar surface area (TPSA) is 54.4 Å². The van der Waals surface area contributed by atoms with E-state index >= 15 is 0 Å². The molecule has 4 rings (SSSR count). The van der Waals surface area contributed by atoms with E-state index in [0.29, 0.717) is 33.3 Å². The fourth-order valence-corrected chi connectivity index (χ4v) is 3.12. The highest BCUT2D eigenvalue weighted by Gasteiger charge is 2.29. The lowest BCUT2D eigenvalue weighted by molar-refractivity contribution is -0.137. The summed E-state index contributed by atoms with van der Waals surface area (Å²) in [6.45, 7) is 0. The van der Waals surface area contributed by atoms with Gasteiger partial charge in [0.2, 0.25) is 0 Å². The minimum absolute atomic E-state index is 0.305. The number of alkyl halides is 3. The molecule has 4 aromatic rings. The number of para-hydroxylation sites is 1. The maximum absolute atomic E-state index is 13.3. The molecule has 0 aliphatic carbocycles. The maximum atomic E-state index is 13.3. The zero-order valence-corrected chi connectivity index (χ0v) is 16.4. The summed E-state index contributed by atoms with van der Waals surface area (Å²) in [5.41, 5.74) is 4.02. The molecule has 4 nitrogen and oxygen atoms in total. The van der Waals surface area contributed by atoms with Crippen LogP contribution in [0.25, 0.3) is 22.2 Å². The van der Waals surface area contributed by atoms with Crippen LogP contribution in [-0.2, 0) is 6.18 Å². The summed E-state index contributed by atoms with van der Waals surface area (Å²) in [5.74, 6) is -0.903. The van der Waals surface area contributed by atoms with Crippen LogP contribution >= 0.6 is 0 Å². The van der Waals surface area contributed by atoms with E-state index < -0.39 is 17.6 Å². The molecule has 1 aromatic heterocycles. The molecule has 0 bridgehead atoms. The van der Waals surface area contributed by atoms with Crippen molar-refractivity contribution in [3.8, 4) is 11.3 Å². The van der Waals surface area contributed by atoms with E-state index in [9.17, 15) is 22.4 Å². The quantitative estimate of drug-likeness (QED) is 0.248. The third kappa shape index (κ3) is 4.64. The Balaban J connectivity index is 1.60. The van der Waals surface area contributed by atoms with Crippen LogP contribution in [0.3, 0.4) is 0 Å². The van der Waals surface area contributed by atoms with Crippen molar-refractivity contribution >= 4 is 23.0 Å². The zero-order valence-electron chi connectivity index (χ0n) is 16.4. The molecule has 8 heteroatoms. The van der Waals surface area contributed by atoms with Crippen molar-refractivity contribution in [1.29, 1.82) is 0 Å². The number of nitrogens with one attached hydrogen (secondary N) is 1. The molecule has 0 aliphatic heterocycles. The summed E-state index contributed by atoms with van der Waals surface area (Å²) in [6, 6.07) is 18.8. The number of carbonyl (C=O) groups excluding carboxylic acids is 1. The normalized spacial score (nSPS) is 11.8. The molecule has 0 fully saturated rings. The van der Waals surface area contributed by atoms with Gasteiger partial charge in [-0.25, -0.2) is 14.8 Å². The molecule has 0 unspecified atom stereocenters. The Hall–Kier alpha value is -4.07. The van der Waals surface area contributed by atoms with E-state index in [1.54, 1.807) is 42.5 Å². The molecule has 0 aliphatic rings. The molecule has 160 valence electrons. The average Bonchev–Trinajstić information content (AvgIpc) is 2.78. The lowest BCUT2D eigenvalue weighted by atomic mass is 10.0. The molecule has 1 heterocycles. The standard InChI is InChI=1S/C24H15F4N3O/c25-18-11-7-16(8-12-18)22-13-20(19-3-1-2-4-21(19)30-22)23(32)31-29-14-15-5-9-17(10-6-15)24(26,27)28/h1-14H,(H,31,32). The molecule has 3 aromatic carbocycles. The second-order valence-electron chi connectivity index (χ2n) is 6.90. The molecule has 1 N–H and O–H groups in total. The van der Waals surface area contributed by atoms with Crippen LogP contribution in [0.2, 0.25) is 0 Å². The van der Waals surface area contributed by atoms with Gasteiger partial charge in [-0.1, -0.05) is 30.3 Å². The first kappa shape index (κ1) is 21.2. The number of amides is 1. The summed E-state index contributed by atoms with van der Waals surface area (Å²) in [6.07, 6.45) is -3.17. The van der Waals surface area contributed by atoms with Crippen LogP contribution in [0.1, 0.15) is 21.5 Å². The van der Waals surface area contributed by atoms with E-state index in [0.717, 1.165) is 12.1 Å². The van der Waals surface area contributed by atoms with Crippen LogP contribution in [-0.4, -0.2) is 17.1 Å². The van der Waals surface area contributed by atoms with Crippen LogP contribution in [0, 0.1) is 5.82 Å². The van der Waals surface area contributed by atoms with Gasteiger partial charge in [0.25, 0.3) is 5.91 Å². The number of hydrogen-bond acceptors (Lipinski definition) is 3. The van der Waals surface area contributed by atoms with Crippen molar-refractivity contribution in [2.45, 2.75) is 6.18 Å². The highest BCUT2D eigenvalue weighted by atomic mass is 19.4. The molecular formula is C24H15F4N3O. The molecule has 0 radical (unpaired) electrons. The monoisotopic (exact) mass is 437 g/mol. The Bertz CT molecular complexity index is 1300. The van der Waals surface area contributed by atoms with Gasteiger partial charge in [-0.2, -0.15) is 18.3 Å². The number of pyridine rings is 1. The van der Waals surface area contributed by atoms with Crippen LogP contribution in [0.5, 0.6) is 0 Å². The van der Waals surface area contributed by atoms with Gasteiger partial charge in [0, 0.05) is 10.9 Å². The third-order valence-corrected chi connectivity index (χ3v) is 4.72. The van der Waals surface area contributed by atoms with Gasteiger partial charge in [-0.15, -0.1) is 0 Å². The number of halogens is 4. The molecule has 1 amide bonds. The number of hydrogen-bond donors (Lipinski definition) is 1. The molecule has 0 saturated heterocycles. The second-order valence-corrected chi connectivity index (χ2v) is 6.90. The van der Waals surface area contributed by atoms with Crippen molar-refractivity contribution < 1.29 is 22.4 Å². The van der Waals surface area contributed by atoms with Crippen molar-refractivity contribution in [3.63, 3.8) is 0 Å². The first-order chi connectivity index (χ1) is 15.3. The fourth-order valence-electron chi connectivity index (χ4n) is 3.12. The summed E-state index contributed by atoms with van der Waals surface area (Å²) >= 11 is 0. The lowest BCUT2D eigenvalue weighted by Gasteiger charge is -2.09. The highest BCUT2D eigenvalue weighted by Crippen LogP contribution is 2.29. The first-order valence-corrected chi connectivity index (χ1v) is 9.48. The number of nitrogens with zero attached hydrogens (tertiary/aromatic N) is 2. The second kappa shape index (κ2) is 8.58. The number of aromatic nitrogens is 1. The molecular weight excluding hydrogens is 422 g/mol. The molecule has 0 atom stereocenters. The zero-order chi connectivity index (χ0) is 22.7. The largest absolute Gasteiger partial charge is 0.416 e. The summed E-state index contributed by atoms with van der Waals surface area (Å²) in [5, 5.41) is 4.45. The first-order valence-electron chi connectivity index (χ1n) is 9.48. The maximum Gasteiger partial charge on any atom is 0.416 e. The average molecular weight is 437 g/mol. The highest BCUT2D eigenvalue weighted by molar-refractivity contribution is 6.07. The minimum Gasteiger partial charge on any atom is -0.267 e. The Morgan fingerprint density at radius 1 is 0.938 bits per heavy atom. The van der Waals surface area contributed by atoms with Gasteiger partial charge in [-0.3, -0.25) is 4.79 Å². The van der Waals surface area contributed by atoms with Crippen LogP contribution < -0.4 is 5.43 Å². The number of carbonyl (C=O) groups is 1. The Morgan fingerprint density at radius 3 is 2.31 bits per heavy atom. The Labute approximate surface area is 180 Å². The van der Waals surface area contributed by atoms with E-state index in [4.69, 9.17) is 0 Å². The summed E-state index contributed by atoms with van der Waals surface area (Å²) < 4.78 is 51.2. The molecule has 0 saturated carbocycles. The van der Waals surface area contributed by atoms with Crippen molar-refractivity contribution in [1.82, 2.24) is 10.4 Å².